The van der Waals surface area contributed by atoms with Crippen molar-refractivity contribution < 1.29 is 4.74 Å². The minimum absolute atomic E-state index is 0.156. The third-order valence-electron chi connectivity index (χ3n) is 5.48. The van der Waals surface area contributed by atoms with Crippen LogP contribution in [0.2, 0.25) is 0 Å². The Labute approximate surface area is 170 Å². The van der Waals surface area contributed by atoms with Gasteiger partial charge in [-0.2, -0.15) is 0 Å². The van der Waals surface area contributed by atoms with Gasteiger partial charge in [0.2, 0.25) is 5.88 Å². The minimum atomic E-state index is 0.156. The maximum absolute atomic E-state index is 5.75. The molecule has 0 amide bonds. The second-order valence-corrected chi connectivity index (χ2v) is 8.65. The molecule has 1 saturated heterocycles. The fourth-order valence-electron chi connectivity index (χ4n) is 4.35. The summed E-state index contributed by atoms with van der Waals surface area (Å²) in [5, 5.41) is 0. The monoisotopic (exact) mass is 381 g/mol. The Kier molecular flexibility index (Phi) is 7.06. The Hall–Kier alpha value is -1.94. The Morgan fingerprint density at radius 1 is 1.11 bits per heavy atom. The lowest BCUT2D eigenvalue weighted by Crippen LogP contribution is -2.43. The SMILES string of the molecule is Cc1cc(C[C@H]2CCCN(C(C)Cc3cccc(OC(C)C)n3)C2)cc(C)n1. The topological polar surface area (TPSA) is 38.2 Å². The van der Waals surface area contributed by atoms with E-state index < -0.39 is 0 Å². The van der Waals surface area contributed by atoms with E-state index in [1.54, 1.807) is 0 Å². The van der Waals surface area contributed by atoms with Crippen LogP contribution >= 0.6 is 0 Å². The van der Waals surface area contributed by atoms with Crippen LogP contribution in [0.4, 0.5) is 0 Å². The smallest absolute Gasteiger partial charge is 0.213 e. The highest BCUT2D eigenvalue weighted by atomic mass is 16.5. The van der Waals surface area contributed by atoms with Crippen LogP contribution in [-0.2, 0) is 12.8 Å². The second-order valence-electron chi connectivity index (χ2n) is 8.65. The van der Waals surface area contributed by atoms with Gasteiger partial charge >= 0.3 is 0 Å². The molecule has 1 aliphatic heterocycles. The summed E-state index contributed by atoms with van der Waals surface area (Å²) in [7, 11) is 0. The van der Waals surface area contributed by atoms with Gasteiger partial charge in [-0.3, -0.25) is 9.88 Å². The number of aryl methyl sites for hydroxylation is 2. The number of aromatic nitrogens is 2. The van der Waals surface area contributed by atoms with Crippen LogP contribution < -0.4 is 4.74 Å². The number of nitrogens with zero attached hydrogens (tertiary/aromatic N) is 3. The van der Waals surface area contributed by atoms with Crippen molar-refractivity contribution in [3.63, 3.8) is 0 Å². The van der Waals surface area contributed by atoms with Gasteiger partial charge < -0.3 is 4.74 Å². The normalized spacial score (nSPS) is 19.0. The van der Waals surface area contributed by atoms with Gasteiger partial charge in [0.05, 0.1) is 6.10 Å². The Morgan fingerprint density at radius 2 is 1.86 bits per heavy atom. The summed E-state index contributed by atoms with van der Waals surface area (Å²) in [5.41, 5.74) is 4.81. The molecule has 1 unspecified atom stereocenters. The average molecular weight is 382 g/mol. The lowest BCUT2D eigenvalue weighted by atomic mass is 9.90. The molecule has 1 fully saturated rings. The Balaban J connectivity index is 1.59. The van der Waals surface area contributed by atoms with Gasteiger partial charge in [-0.15, -0.1) is 0 Å². The van der Waals surface area contributed by atoms with Gasteiger partial charge in [0, 0.05) is 42.2 Å². The van der Waals surface area contributed by atoms with Crippen molar-refractivity contribution in [1.82, 2.24) is 14.9 Å². The molecule has 2 atom stereocenters. The molecule has 0 radical (unpaired) electrons. The first-order valence-electron chi connectivity index (χ1n) is 10.7. The zero-order valence-corrected chi connectivity index (χ0v) is 18.1. The zero-order chi connectivity index (χ0) is 20.1. The number of rotatable bonds is 7. The fourth-order valence-corrected chi connectivity index (χ4v) is 4.35. The van der Waals surface area contributed by atoms with Crippen molar-refractivity contribution in [2.24, 2.45) is 5.92 Å². The van der Waals surface area contributed by atoms with Crippen molar-refractivity contribution in [2.45, 2.75) is 72.4 Å². The summed E-state index contributed by atoms with van der Waals surface area (Å²) >= 11 is 0. The van der Waals surface area contributed by atoms with Crippen LogP contribution in [0.15, 0.2) is 30.3 Å². The van der Waals surface area contributed by atoms with Crippen molar-refractivity contribution in [2.75, 3.05) is 13.1 Å². The maximum atomic E-state index is 5.75. The highest BCUT2D eigenvalue weighted by Crippen LogP contribution is 2.24. The van der Waals surface area contributed by atoms with Crippen LogP contribution in [0.1, 0.15) is 56.3 Å². The minimum Gasteiger partial charge on any atom is -0.475 e. The van der Waals surface area contributed by atoms with E-state index in [0.29, 0.717) is 6.04 Å². The molecular weight excluding hydrogens is 346 g/mol. The molecule has 2 aromatic rings. The molecule has 0 aliphatic carbocycles. The molecule has 0 aromatic carbocycles. The molecular formula is C24H35N3O. The van der Waals surface area contributed by atoms with Crippen molar-refractivity contribution in [3.05, 3.63) is 53.0 Å². The van der Waals surface area contributed by atoms with E-state index in [4.69, 9.17) is 9.72 Å². The molecule has 152 valence electrons. The fraction of sp³-hybridized carbons (Fsp3) is 0.583. The predicted molar refractivity (Wildman–Crippen MR) is 115 cm³/mol. The lowest BCUT2D eigenvalue weighted by Gasteiger charge is -2.37. The number of ether oxygens (including phenoxy) is 1. The number of likely N-dealkylation sites (tertiary alicyclic amines) is 1. The Morgan fingerprint density at radius 3 is 2.57 bits per heavy atom. The summed E-state index contributed by atoms with van der Waals surface area (Å²) < 4.78 is 5.75. The summed E-state index contributed by atoms with van der Waals surface area (Å²) in [4.78, 5) is 11.9. The average Bonchev–Trinajstić information content (AvgIpc) is 2.61. The van der Waals surface area contributed by atoms with Crippen LogP contribution in [0.25, 0.3) is 0 Å². The molecule has 0 saturated carbocycles. The first-order valence-corrected chi connectivity index (χ1v) is 10.7. The van der Waals surface area contributed by atoms with Gasteiger partial charge in [-0.05, 0) is 90.1 Å². The first-order chi connectivity index (χ1) is 13.4. The van der Waals surface area contributed by atoms with Crippen molar-refractivity contribution in [3.8, 4) is 5.88 Å². The van der Waals surface area contributed by atoms with E-state index in [-0.39, 0.29) is 6.10 Å². The van der Waals surface area contributed by atoms with Crippen molar-refractivity contribution >= 4 is 0 Å². The van der Waals surface area contributed by atoms with E-state index in [1.807, 2.05) is 19.9 Å². The third-order valence-corrected chi connectivity index (χ3v) is 5.48. The number of pyridine rings is 2. The van der Waals surface area contributed by atoms with E-state index in [0.717, 1.165) is 41.7 Å². The lowest BCUT2D eigenvalue weighted by molar-refractivity contribution is 0.130. The van der Waals surface area contributed by atoms with Crippen LogP contribution in [0.3, 0.4) is 0 Å². The second kappa shape index (κ2) is 9.51. The highest BCUT2D eigenvalue weighted by Gasteiger charge is 2.24. The molecule has 0 bridgehead atoms. The van der Waals surface area contributed by atoms with Gasteiger partial charge in [0.1, 0.15) is 0 Å². The van der Waals surface area contributed by atoms with E-state index in [1.165, 1.54) is 31.5 Å². The number of hydrogen-bond acceptors (Lipinski definition) is 4. The van der Waals surface area contributed by atoms with Gasteiger partial charge in [-0.25, -0.2) is 4.98 Å². The molecule has 3 heterocycles. The van der Waals surface area contributed by atoms with E-state index in [9.17, 15) is 0 Å². The van der Waals surface area contributed by atoms with Crippen LogP contribution in [0.5, 0.6) is 5.88 Å². The van der Waals surface area contributed by atoms with Crippen LogP contribution in [0, 0.1) is 19.8 Å². The summed E-state index contributed by atoms with van der Waals surface area (Å²) in [5.74, 6) is 1.46. The molecule has 3 rings (SSSR count). The molecule has 2 aromatic heterocycles. The summed E-state index contributed by atoms with van der Waals surface area (Å²) in [6.07, 6.45) is 4.88. The van der Waals surface area contributed by atoms with Gasteiger partial charge in [0.15, 0.2) is 0 Å². The predicted octanol–water partition coefficient (Wildman–Crippen LogP) is 4.77. The quantitative estimate of drug-likeness (QED) is 0.693. The molecule has 4 heteroatoms. The molecule has 4 nitrogen and oxygen atoms in total. The molecule has 1 aliphatic rings. The highest BCUT2D eigenvalue weighted by molar-refractivity contribution is 5.21. The van der Waals surface area contributed by atoms with Gasteiger partial charge in [0.25, 0.3) is 0 Å². The van der Waals surface area contributed by atoms with E-state index >= 15 is 0 Å². The largest absolute Gasteiger partial charge is 0.475 e. The summed E-state index contributed by atoms with van der Waals surface area (Å²) in [6, 6.07) is 11.1. The third kappa shape index (κ3) is 6.03. The maximum Gasteiger partial charge on any atom is 0.213 e. The van der Waals surface area contributed by atoms with Crippen molar-refractivity contribution in [1.29, 1.82) is 0 Å². The summed E-state index contributed by atoms with van der Waals surface area (Å²) in [6.45, 7) is 13.0. The standard InChI is InChI=1S/C24H35N3O/c1-17(2)28-24-10-6-9-23(26-24)14-20(5)27-11-7-8-21(16-27)15-22-12-18(3)25-19(4)13-22/h6,9-10,12-13,17,20-21H,7-8,11,14-16H2,1-5H3/t20?,21-/m1/s1. The van der Waals surface area contributed by atoms with Crippen LogP contribution in [-0.4, -0.2) is 40.1 Å². The molecule has 0 spiro atoms. The van der Waals surface area contributed by atoms with Gasteiger partial charge in [-0.1, -0.05) is 6.07 Å². The number of piperidine rings is 1. The Bertz CT molecular complexity index is 754. The molecule has 0 N–H and O–H groups in total. The zero-order valence-electron chi connectivity index (χ0n) is 18.1. The number of hydrogen-bond donors (Lipinski definition) is 0. The first kappa shape index (κ1) is 20.8. The van der Waals surface area contributed by atoms with E-state index in [2.05, 4.69) is 54.9 Å². The molecule has 28 heavy (non-hydrogen) atoms.